The maximum Gasteiger partial charge on any atom is 0.216 e. The largest absolute Gasteiger partial charge is 0.489 e. The zero-order valence-electron chi connectivity index (χ0n) is 9.54. The van der Waals surface area contributed by atoms with Gasteiger partial charge in [-0.05, 0) is 36.6 Å². The number of fused-ring (bicyclic) bond motifs is 1. The van der Waals surface area contributed by atoms with Crippen molar-refractivity contribution in [3.8, 4) is 5.75 Å². The van der Waals surface area contributed by atoms with Crippen LogP contribution in [0.15, 0.2) is 18.2 Å². The molecule has 0 aliphatic carbocycles. The van der Waals surface area contributed by atoms with Gasteiger partial charge in [-0.25, -0.2) is 4.39 Å². The van der Waals surface area contributed by atoms with Crippen molar-refractivity contribution in [2.45, 2.75) is 18.9 Å². The molecule has 1 aromatic carbocycles. The van der Waals surface area contributed by atoms with Crippen molar-refractivity contribution in [2.24, 2.45) is 5.92 Å². The van der Waals surface area contributed by atoms with E-state index >= 15 is 0 Å². The lowest BCUT2D eigenvalue weighted by atomic mass is 9.94. The van der Waals surface area contributed by atoms with Crippen LogP contribution in [0.5, 0.6) is 5.75 Å². The molecule has 0 spiro atoms. The lowest BCUT2D eigenvalue weighted by molar-refractivity contribution is -0.487. The Morgan fingerprint density at radius 2 is 2.39 bits per heavy atom. The number of carbonyl (C=O) groups excluding carboxylic acids is 1. The van der Waals surface area contributed by atoms with Crippen molar-refractivity contribution < 1.29 is 18.8 Å². The maximum atomic E-state index is 13.0. The number of halogens is 1. The first-order valence-electron chi connectivity index (χ1n) is 5.62. The van der Waals surface area contributed by atoms with Crippen LogP contribution in [-0.2, 0) is 11.2 Å². The van der Waals surface area contributed by atoms with Crippen molar-refractivity contribution >= 4 is 6.29 Å². The van der Waals surface area contributed by atoms with E-state index in [9.17, 15) is 19.3 Å². The minimum absolute atomic E-state index is 0.340. The van der Waals surface area contributed by atoms with Gasteiger partial charge in [0.05, 0.1) is 0 Å². The van der Waals surface area contributed by atoms with Crippen LogP contribution in [0.2, 0.25) is 0 Å². The lowest BCUT2D eigenvalue weighted by Gasteiger charge is -2.28. The van der Waals surface area contributed by atoms with Crippen molar-refractivity contribution in [2.75, 3.05) is 6.54 Å². The number of benzene rings is 1. The first-order valence-corrected chi connectivity index (χ1v) is 5.62. The molecule has 1 aromatic rings. The fraction of sp³-hybridized carbons (Fsp3) is 0.417. The van der Waals surface area contributed by atoms with Crippen LogP contribution >= 0.6 is 0 Å². The van der Waals surface area contributed by atoms with E-state index in [2.05, 4.69) is 0 Å². The van der Waals surface area contributed by atoms with E-state index in [0.717, 1.165) is 5.56 Å². The number of nitrogens with zero attached hydrogens (tertiary/aromatic N) is 1. The van der Waals surface area contributed by atoms with Gasteiger partial charge in [0.25, 0.3) is 0 Å². The van der Waals surface area contributed by atoms with Gasteiger partial charge in [0.15, 0.2) is 0 Å². The van der Waals surface area contributed by atoms with Crippen LogP contribution in [0.4, 0.5) is 4.39 Å². The Hall–Kier alpha value is -1.98. The van der Waals surface area contributed by atoms with Gasteiger partial charge in [-0.2, -0.15) is 0 Å². The van der Waals surface area contributed by atoms with Gasteiger partial charge >= 0.3 is 0 Å². The Morgan fingerprint density at radius 3 is 3.06 bits per heavy atom. The van der Waals surface area contributed by atoms with Crippen LogP contribution < -0.4 is 4.74 Å². The Bertz CT molecular complexity index is 477. The summed E-state index contributed by atoms with van der Waals surface area (Å²) in [6.45, 7) is -0.440. The third kappa shape index (κ3) is 2.64. The summed E-state index contributed by atoms with van der Waals surface area (Å²) in [4.78, 5) is 20.8. The molecular weight excluding hydrogens is 241 g/mol. The molecule has 0 saturated carbocycles. The van der Waals surface area contributed by atoms with Crippen molar-refractivity contribution in [3.63, 3.8) is 0 Å². The van der Waals surface area contributed by atoms with Gasteiger partial charge in [-0.3, -0.25) is 10.1 Å². The fourth-order valence-corrected chi connectivity index (χ4v) is 2.10. The fourth-order valence-electron chi connectivity index (χ4n) is 2.10. The predicted molar refractivity (Wildman–Crippen MR) is 60.6 cm³/mol. The molecule has 0 bridgehead atoms. The second-order valence-corrected chi connectivity index (χ2v) is 4.26. The first kappa shape index (κ1) is 12.5. The highest BCUT2D eigenvalue weighted by Crippen LogP contribution is 2.30. The van der Waals surface area contributed by atoms with Crippen LogP contribution in [0, 0.1) is 21.8 Å². The summed E-state index contributed by atoms with van der Waals surface area (Å²) in [5.41, 5.74) is 0.733. The van der Waals surface area contributed by atoms with Crippen molar-refractivity contribution in [1.82, 2.24) is 0 Å². The monoisotopic (exact) mass is 253 g/mol. The zero-order chi connectivity index (χ0) is 13.1. The highest BCUT2D eigenvalue weighted by atomic mass is 19.1. The minimum atomic E-state index is -0.766. The first-order chi connectivity index (χ1) is 8.60. The molecule has 0 amide bonds. The second kappa shape index (κ2) is 5.12. The van der Waals surface area contributed by atoms with E-state index in [-0.39, 0.29) is 5.82 Å². The van der Waals surface area contributed by atoms with Crippen LogP contribution in [0.1, 0.15) is 12.0 Å². The van der Waals surface area contributed by atoms with Crippen LogP contribution in [-0.4, -0.2) is 23.9 Å². The van der Waals surface area contributed by atoms with Crippen molar-refractivity contribution in [1.29, 1.82) is 0 Å². The number of rotatable bonds is 4. The molecule has 0 N–H and O–H groups in total. The summed E-state index contributed by atoms with van der Waals surface area (Å²) < 4.78 is 18.5. The number of hydrogen-bond acceptors (Lipinski definition) is 4. The van der Waals surface area contributed by atoms with Gasteiger partial charge in [0.2, 0.25) is 6.54 Å². The van der Waals surface area contributed by atoms with Gasteiger partial charge in [0.1, 0.15) is 29.9 Å². The molecule has 2 rings (SSSR count). The topological polar surface area (TPSA) is 69.4 Å². The third-order valence-corrected chi connectivity index (χ3v) is 3.01. The van der Waals surface area contributed by atoms with Crippen LogP contribution in [0.3, 0.4) is 0 Å². The molecule has 0 aromatic heterocycles. The van der Waals surface area contributed by atoms with Gasteiger partial charge in [-0.1, -0.05) is 0 Å². The Morgan fingerprint density at radius 1 is 1.61 bits per heavy atom. The highest BCUT2D eigenvalue weighted by Gasteiger charge is 2.31. The predicted octanol–water partition coefficient (Wildman–Crippen LogP) is 1.61. The van der Waals surface area contributed by atoms with Gasteiger partial charge in [-0.15, -0.1) is 0 Å². The summed E-state index contributed by atoms with van der Waals surface area (Å²) in [5, 5.41) is 10.4. The highest BCUT2D eigenvalue weighted by molar-refractivity contribution is 5.55. The molecule has 0 radical (unpaired) electrons. The summed E-state index contributed by atoms with van der Waals surface area (Å²) in [5.74, 6) is -0.603. The summed E-state index contributed by atoms with van der Waals surface area (Å²) in [7, 11) is 0. The molecular formula is C12H12FNO4. The van der Waals surface area contributed by atoms with E-state index in [4.69, 9.17) is 4.74 Å². The standard InChI is InChI=1S/C12H12FNO4/c13-10-2-4-11-8(5-10)1-3-12(18-11)9(7-15)6-14(16)17/h2,4-5,7,9,12H,1,3,6H2. The van der Waals surface area contributed by atoms with E-state index in [1.807, 2.05) is 0 Å². The molecule has 0 saturated heterocycles. The Kier molecular flexibility index (Phi) is 3.55. The smallest absolute Gasteiger partial charge is 0.216 e. The minimum Gasteiger partial charge on any atom is -0.489 e. The average molecular weight is 253 g/mol. The molecule has 5 nitrogen and oxygen atoms in total. The Balaban J connectivity index is 2.13. The molecule has 1 aliphatic heterocycles. The summed E-state index contributed by atoms with van der Waals surface area (Å²) >= 11 is 0. The van der Waals surface area contributed by atoms with Crippen LogP contribution in [0.25, 0.3) is 0 Å². The van der Waals surface area contributed by atoms with E-state index in [1.54, 1.807) is 0 Å². The van der Waals surface area contributed by atoms with E-state index in [1.165, 1.54) is 18.2 Å². The SMILES string of the molecule is O=CC(C[N+](=O)[O-])C1CCc2cc(F)ccc2O1. The molecule has 1 aliphatic rings. The molecule has 2 unspecified atom stereocenters. The van der Waals surface area contributed by atoms with Gasteiger partial charge < -0.3 is 9.53 Å². The molecule has 2 atom stereocenters. The molecule has 18 heavy (non-hydrogen) atoms. The number of carbonyl (C=O) groups is 1. The summed E-state index contributed by atoms with van der Waals surface area (Å²) in [6, 6.07) is 4.14. The summed E-state index contributed by atoms with van der Waals surface area (Å²) in [6.07, 6.45) is 1.08. The molecule has 1 heterocycles. The maximum absolute atomic E-state index is 13.0. The number of hydrogen-bond donors (Lipinski definition) is 0. The van der Waals surface area contributed by atoms with E-state index in [0.29, 0.717) is 24.9 Å². The lowest BCUT2D eigenvalue weighted by Crippen LogP contribution is -2.36. The average Bonchev–Trinajstić information content (AvgIpc) is 2.35. The third-order valence-electron chi connectivity index (χ3n) is 3.01. The van der Waals surface area contributed by atoms with Crippen molar-refractivity contribution in [3.05, 3.63) is 39.7 Å². The molecule has 0 fully saturated rings. The normalized spacial score (nSPS) is 19.5. The zero-order valence-corrected chi connectivity index (χ0v) is 9.54. The van der Waals surface area contributed by atoms with Gasteiger partial charge in [0, 0.05) is 4.92 Å². The second-order valence-electron chi connectivity index (χ2n) is 4.26. The number of aryl methyl sites for hydroxylation is 1. The molecule has 96 valence electrons. The number of nitro groups is 1. The number of aldehydes is 1. The molecule has 6 heteroatoms. The van der Waals surface area contributed by atoms with E-state index < -0.39 is 23.5 Å². The number of ether oxygens (including phenoxy) is 1. The Labute approximate surface area is 103 Å². The quantitative estimate of drug-likeness (QED) is 0.464.